The number of thioether (sulfide) groups is 2. The molecule has 0 aromatic heterocycles. The van der Waals surface area contributed by atoms with Crippen LogP contribution in [-0.2, 0) is 0 Å². The molecule has 3 nitrogen and oxygen atoms in total. The summed E-state index contributed by atoms with van der Waals surface area (Å²) in [4.78, 5) is 12.4. The van der Waals surface area contributed by atoms with Gasteiger partial charge in [-0.1, -0.05) is 13.0 Å². The van der Waals surface area contributed by atoms with Crippen LogP contribution >= 0.6 is 23.5 Å². The summed E-state index contributed by atoms with van der Waals surface area (Å²) in [6.07, 6.45) is 2.32. The predicted octanol–water partition coefficient (Wildman–Crippen LogP) is 3.80. The first kappa shape index (κ1) is 14.6. The maximum atomic E-state index is 11.5. The fourth-order valence-corrected chi connectivity index (χ4v) is 4.12. The molecule has 19 heavy (non-hydrogen) atoms. The van der Waals surface area contributed by atoms with Gasteiger partial charge in [-0.2, -0.15) is 11.8 Å². The summed E-state index contributed by atoms with van der Waals surface area (Å²) >= 11 is 3.52. The van der Waals surface area contributed by atoms with Gasteiger partial charge in [0.25, 0.3) is 0 Å². The van der Waals surface area contributed by atoms with Crippen molar-refractivity contribution in [3.05, 3.63) is 23.8 Å². The van der Waals surface area contributed by atoms with Crippen molar-refractivity contribution in [1.29, 1.82) is 0 Å². The molecule has 0 bridgehead atoms. The lowest BCUT2D eigenvalue weighted by molar-refractivity contribution is 0.0694. The van der Waals surface area contributed by atoms with Gasteiger partial charge in [-0.05, 0) is 36.5 Å². The van der Waals surface area contributed by atoms with Gasteiger partial charge in [0, 0.05) is 16.7 Å². The van der Waals surface area contributed by atoms with Crippen molar-refractivity contribution in [1.82, 2.24) is 0 Å². The third-order valence-electron chi connectivity index (χ3n) is 3.06. The Bertz CT molecular complexity index is 445. The number of benzene rings is 1. The molecule has 0 amide bonds. The minimum atomic E-state index is -0.845. The topological polar surface area (TPSA) is 49.3 Å². The third kappa shape index (κ3) is 3.83. The van der Waals surface area contributed by atoms with Gasteiger partial charge in [0.1, 0.15) is 0 Å². The van der Waals surface area contributed by atoms with Crippen LogP contribution in [0.3, 0.4) is 0 Å². The van der Waals surface area contributed by atoms with E-state index in [1.54, 1.807) is 11.8 Å². The molecule has 1 heterocycles. The first-order valence-corrected chi connectivity index (χ1v) is 8.69. The zero-order valence-corrected chi connectivity index (χ0v) is 12.6. The summed E-state index contributed by atoms with van der Waals surface area (Å²) in [5, 5.41) is 12.9. The molecule has 1 fully saturated rings. The summed E-state index contributed by atoms with van der Waals surface area (Å²) in [7, 11) is 0. The highest BCUT2D eigenvalue weighted by atomic mass is 32.2. The lowest BCUT2D eigenvalue weighted by Crippen LogP contribution is -2.26. The van der Waals surface area contributed by atoms with Crippen LogP contribution in [0.2, 0.25) is 0 Å². The van der Waals surface area contributed by atoms with Crippen molar-refractivity contribution >= 4 is 35.2 Å². The molecule has 2 N–H and O–H groups in total. The minimum Gasteiger partial charge on any atom is -0.478 e. The molecule has 0 aliphatic carbocycles. The Labute approximate surface area is 122 Å². The average molecular weight is 297 g/mol. The van der Waals surface area contributed by atoms with Gasteiger partial charge in [-0.15, -0.1) is 11.8 Å². The van der Waals surface area contributed by atoms with E-state index >= 15 is 0 Å². The zero-order chi connectivity index (χ0) is 13.7. The van der Waals surface area contributed by atoms with E-state index in [2.05, 4.69) is 5.32 Å². The van der Waals surface area contributed by atoms with Crippen molar-refractivity contribution in [3.63, 3.8) is 0 Å². The van der Waals surface area contributed by atoms with E-state index in [0.717, 1.165) is 28.5 Å². The molecule has 1 atom stereocenters. The normalized spacial score (nSPS) is 19.1. The van der Waals surface area contributed by atoms with Crippen LogP contribution in [0.4, 0.5) is 5.69 Å². The SMILES string of the molecule is CCSc1cccc(NC2CCCSC2)c1C(=O)O. The van der Waals surface area contributed by atoms with Gasteiger partial charge >= 0.3 is 5.97 Å². The molecule has 0 spiro atoms. The van der Waals surface area contributed by atoms with E-state index in [4.69, 9.17) is 0 Å². The fourth-order valence-electron chi connectivity index (χ4n) is 2.22. The molecular weight excluding hydrogens is 278 g/mol. The van der Waals surface area contributed by atoms with Gasteiger partial charge in [0.05, 0.1) is 11.3 Å². The van der Waals surface area contributed by atoms with Crippen LogP contribution in [0.25, 0.3) is 0 Å². The number of hydrogen-bond acceptors (Lipinski definition) is 4. The highest BCUT2D eigenvalue weighted by molar-refractivity contribution is 7.99. The quantitative estimate of drug-likeness (QED) is 0.810. The van der Waals surface area contributed by atoms with Gasteiger partial charge in [0.2, 0.25) is 0 Å². The maximum Gasteiger partial charge on any atom is 0.338 e. The number of rotatable bonds is 5. The summed E-state index contributed by atoms with van der Waals surface area (Å²) in [5.41, 5.74) is 1.18. The van der Waals surface area contributed by atoms with Crippen LogP contribution in [-0.4, -0.2) is 34.4 Å². The Hall–Kier alpha value is -0.810. The minimum absolute atomic E-state index is 0.388. The number of anilines is 1. The summed E-state index contributed by atoms with van der Waals surface area (Å²) in [5.74, 6) is 2.31. The van der Waals surface area contributed by atoms with Gasteiger partial charge in [0.15, 0.2) is 0 Å². The summed E-state index contributed by atoms with van der Waals surface area (Å²) < 4.78 is 0. The van der Waals surface area contributed by atoms with E-state index < -0.39 is 5.97 Å². The predicted molar refractivity (Wildman–Crippen MR) is 83.8 cm³/mol. The van der Waals surface area contributed by atoms with Crippen LogP contribution in [0.1, 0.15) is 30.1 Å². The van der Waals surface area contributed by atoms with Crippen molar-refractivity contribution in [2.75, 3.05) is 22.6 Å². The molecule has 1 aliphatic rings. The second kappa shape index (κ2) is 7.10. The van der Waals surface area contributed by atoms with Gasteiger partial charge in [-0.3, -0.25) is 0 Å². The molecule has 2 rings (SSSR count). The molecule has 1 aliphatic heterocycles. The molecule has 0 radical (unpaired) electrons. The van der Waals surface area contributed by atoms with Crippen LogP contribution in [0.5, 0.6) is 0 Å². The molecule has 0 saturated carbocycles. The zero-order valence-electron chi connectivity index (χ0n) is 11.0. The Morgan fingerprint density at radius 2 is 2.42 bits per heavy atom. The Morgan fingerprint density at radius 3 is 3.05 bits per heavy atom. The standard InChI is InChI=1S/C14H19NO2S2/c1-2-19-12-7-3-6-11(13(12)14(16)17)15-10-5-4-8-18-9-10/h3,6-7,10,15H,2,4-5,8-9H2,1H3,(H,16,17). The van der Waals surface area contributed by atoms with Crippen LogP contribution < -0.4 is 5.32 Å². The fraction of sp³-hybridized carbons (Fsp3) is 0.500. The van der Waals surface area contributed by atoms with E-state index in [9.17, 15) is 9.90 Å². The Balaban J connectivity index is 2.22. The number of hydrogen-bond donors (Lipinski definition) is 2. The monoisotopic (exact) mass is 297 g/mol. The van der Waals surface area contributed by atoms with E-state index in [-0.39, 0.29) is 0 Å². The van der Waals surface area contributed by atoms with Gasteiger partial charge in [-0.25, -0.2) is 4.79 Å². The maximum absolute atomic E-state index is 11.5. The second-order valence-corrected chi connectivity index (χ2v) is 6.93. The molecule has 1 aromatic rings. The van der Waals surface area contributed by atoms with E-state index in [1.165, 1.54) is 12.2 Å². The van der Waals surface area contributed by atoms with Crippen molar-refractivity contribution in [3.8, 4) is 0 Å². The lowest BCUT2D eigenvalue weighted by Gasteiger charge is -2.24. The third-order valence-corrected chi connectivity index (χ3v) is 5.22. The van der Waals surface area contributed by atoms with Crippen molar-refractivity contribution in [2.24, 2.45) is 0 Å². The van der Waals surface area contributed by atoms with E-state index in [0.29, 0.717) is 11.6 Å². The van der Waals surface area contributed by atoms with Crippen LogP contribution in [0, 0.1) is 0 Å². The first-order valence-electron chi connectivity index (χ1n) is 6.55. The summed E-state index contributed by atoms with van der Waals surface area (Å²) in [6, 6.07) is 6.09. The van der Waals surface area contributed by atoms with Crippen LogP contribution in [0.15, 0.2) is 23.1 Å². The molecule has 1 saturated heterocycles. The number of carboxylic acid groups (broad SMARTS) is 1. The number of carbonyl (C=O) groups is 1. The van der Waals surface area contributed by atoms with Crippen molar-refractivity contribution in [2.45, 2.75) is 30.7 Å². The number of aromatic carboxylic acids is 1. The molecule has 1 unspecified atom stereocenters. The first-order chi connectivity index (χ1) is 9.22. The Kier molecular flexibility index (Phi) is 5.45. The number of nitrogens with one attached hydrogen (secondary N) is 1. The van der Waals surface area contributed by atoms with Gasteiger partial charge < -0.3 is 10.4 Å². The largest absolute Gasteiger partial charge is 0.478 e. The highest BCUT2D eigenvalue weighted by Crippen LogP contribution is 2.30. The van der Waals surface area contributed by atoms with Crippen molar-refractivity contribution < 1.29 is 9.90 Å². The molecule has 1 aromatic carbocycles. The lowest BCUT2D eigenvalue weighted by atomic mass is 10.1. The Morgan fingerprint density at radius 1 is 1.58 bits per heavy atom. The smallest absolute Gasteiger partial charge is 0.338 e. The average Bonchev–Trinajstić information content (AvgIpc) is 2.40. The highest BCUT2D eigenvalue weighted by Gasteiger charge is 2.19. The summed E-state index contributed by atoms with van der Waals surface area (Å²) in [6.45, 7) is 2.04. The number of carboxylic acids is 1. The molecular formula is C14H19NO2S2. The second-order valence-electron chi connectivity index (χ2n) is 4.48. The molecule has 104 valence electrons. The van der Waals surface area contributed by atoms with E-state index in [1.807, 2.05) is 36.9 Å². The molecule has 5 heteroatoms.